The summed E-state index contributed by atoms with van der Waals surface area (Å²) in [5, 5.41) is 13.8. The van der Waals surface area contributed by atoms with Gasteiger partial charge in [0, 0.05) is 50.1 Å². The van der Waals surface area contributed by atoms with E-state index < -0.39 is 28.8 Å². The van der Waals surface area contributed by atoms with E-state index in [4.69, 9.17) is 14.5 Å². The molecule has 2 aromatic rings. The highest BCUT2D eigenvalue weighted by Gasteiger charge is 2.42. The average molecular weight is 482 g/mol. The monoisotopic (exact) mass is 481 g/mol. The molecule has 0 radical (unpaired) electrons. The van der Waals surface area contributed by atoms with Crippen LogP contribution in [-0.2, 0) is 14.3 Å². The lowest BCUT2D eigenvalue weighted by molar-refractivity contribution is -0.384. The summed E-state index contributed by atoms with van der Waals surface area (Å²) >= 11 is 0. The lowest BCUT2D eigenvalue weighted by Gasteiger charge is -2.39. The first-order valence-corrected chi connectivity index (χ1v) is 11.3. The van der Waals surface area contributed by atoms with Crippen molar-refractivity contribution in [1.82, 2.24) is 10.2 Å². The van der Waals surface area contributed by atoms with Crippen molar-refractivity contribution in [2.24, 2.45) is 10.9 Å². The number of nitrogens with one attached hydrogen (secondary N) is 1. The van der Waals surface area contributed by atoms with Crippen molar-refractivity contribution >= 4 is 29.2 Å². The smallest absolute Gasteiger partial charge is 0.321 e. The van der Waals surface area contributed by atoms with E-state index in [0.29, 0.717) is 37.7 Å². The number of anilines is 1. The second-order valence-electron chi connectivity index (χ2n) is 8.14. The fourth-order valence-corrected chi connectivity index (χ4v) is 4.24. The predicted molar refractivity (Wildman–Crippen MR) is 128 cm³/mol. The number of methoxy groups -OCH3 is 1. The number of hydrogen-bond donors (Lipinski definition) is 1. The maximum absolute atomic E-state index is 13.0. The fourth-order valence-electron chi connectivity index (χ4n) is 4.24. The van der Waals surface area contributed by atoms with Crippen molar-refractivity contribution in [3.8, 4) is 5.75 Å². The van der Waals surface area contributed by atoms with Gasteiger partial charge >= 0.3 is 5.97 Å². The summed E-state index contributed by atoms with van der Waals surface area (Å²) < 4.78 is 10.4. The van der Waals surface area contributed by atoms with Crippen LogP contribution in [0.3, 0.4) is 0 Å². The zero-order chi connectivity index (χ0) is 24.9. The number of esters is 1. The molecule has 1 fully saturated rings. The molecular formula is C24H27N5O6. The number of hydrogen-bond acceptors (Lipinski definition) is 9. The molecule has 2 heterocycles. The molecule has 2 aliphatic rings. The molecule has 0 spiro atoms. The van der Waals surface area contributed by atoms with Gasteiger partial charge in [0.15, 0.2) is 5.92 Å². The quantitative estimate of drug-likeness (QED) is 0.288. The highest BCUT2D eigenvalue weighted by atomic mass is 16.6. The number of carbonyl (C=O) groups excluding carboxylic acids is 2. The first-order valence-electron chi connectivity index (χ1n) is 11.3. The van der Waals surface area contributed by atoms with Gasteiger partial charge in [-0.15, -0.1) is 0 Å². The Morgan fingerprint density at radius 1 is 1.14 bits per heavy atom. The van der Waals surface area contributed by atoms with Gasteiger partial charge in [-0.1, -0.05) is 18.2 Å². The second kappa shape index (κ2) is 10.4. The molecule has 2 aliphatic heterocycles. The van der Waals surface area contributed by atoms with E-state index in [1.165, 1.54) is 24.3 Å². The van der Waals surface area contributed by atoms with Crippen molar-refractivity contribution in [3.05, 3.63) is 64.2 Å². The van der Waals surface area contributed by atoms with Gasteiger partial charge in [-0.2, -0.15) is 0 Å². The summed E-state index contributed by atoms with van der Waals surface area (Å²) in [5.74, 6) is -1.21. The summed E-state index contributed by atoms with van der Waals surface area (Å²) in [6.45, 7) is 4.40. The van der Waals surface area contributed by atoms with Gasteiger partial charge in [0.2, 0.25) is 11.9 Å². The number of piperazine rings is 1. The molecule has 35 heavy (non-hydrogen) atoms. The molecule has 1 amide bonds. The van der Waals surface area contributed by atoms with Crippen molar-refractivity contribution < 1.29 is 24.0 Å². The van der Waals surface area contributed by atoms with Crippen LogP contribution in [0.4, 0.5) is 11.4 Å². The number of guanidine groups is 1. The molecule has 0 bridgehead atoms. The first-order chi connectivity index (χ1) is 16.9. The number of benzene rings is 2. The summed E-state index contributed by atoms with van der Waals surface area (Å²) in [6.07, 6.45) is 0. The molecule has 184 valence electrons. The molecule has 1 N–H and O–H groups in total. The Bertz CT molecular complexity index is 1130. The number of aliphatic imine (C=N–C) groups is 1. The molecule has 0 aromatic heterocycles. The van der Waals surface area contributed by atoms with E-state index >= 15 is 0 Å². The van der Waals surface area contributed by atoms with E-state index in [1.807, 2.05) is 29.2 Å². The zero-order valence-electron chi connectivity index (χ0n) is 19.5. The highest BCUT2D eigenvalue weighted by molar-refractivity contribution is 6.08. The van der Waals surface area contributed by atoms with Crippen LogP contribution in [0.2, 0.25) is 0 Å². The van der Waals surface area contributed by atoms with Gasteiger partial charge in [-0.3, -0.25) is 25.0 Å². The van der Waals surface area contributed by atoms with Crippen molar-refractivity contribution in [3.63, 3.8) is 0 Å². The molecular weight excluding hydrogens is 454 g/mol. The third-order valence-corrected chi connectivity index (χ3v) is 6.08. The third kappa shape index (κ3) is 5.18. The summed E-state index contributed by atoms with van der Waals surface area (Å²) in [5.41, 5.74) is 1.49. The Balaban J connectivity index is 1.56. The molecule has 2 atom stereocenters. The molecule has 2 aromatic carbocycles. The number of nitrogens with zero attached hydrogens (tertiary/aromatic N) is 4. The van der Waals surface area contributed by atoms with Crippen LogP contribution < -0.4 is 15.0 Å². The van der Waals surface area contributed by atoms with Gasteiger partial charge < -0.3 is 19.3 Å². The Labute approximate surface area is 202 Å². The lowest BCUT2D eigenvalue weighted by atomic mass is 9.91. The Kier molecular flexibility index (Phi) is 7.14. The van der Waals surface area contributed by atoms with E-state index in [9.17, 15) is 19.7 Å². The van der Waals surface area contributed by atoms with Crippen molar-refractivity contribution in [1.29, 1.82) is 0 Å². The number of nitro groups is 1. The normalized spacial score (nSPS) is 20.1. The Morgan fingerprint density at radius 2 is 1.83 bits per heavy atom. The summed E-state index contributed by atoms with van der Waals surface area (Å²) in [4.78, 5) is 45.1. The molecule has 0 saturated carbocycles. The van der Waals surface area contributed by atoms with E-state index in [0.717, 1.165) is 11.4 Å². The molecule has 11 nitrogen and oxygen atoms in total. The minimum Gasteiger partial charge on any atom is -0.497 e. The number of amides is 1. The van der Waals surface area contributed by atoms with Crippen molar-refractivity contribution in [2.45, 2.75) is 13.0 Å². The molecule has 4 rings (SSSR count). The van der Waals surface area contributed by atoms with Crippen LogP contribution in [-0.4, -0.2) is 67.6 Å². The third-order valence-electron chi connectivity index (χ3n) is 6.08. The maximum Gasteiger partial charge on any atom is 0.321 e. The standard InChI is InChI=1S/C24H27N5O6/c1-3-35-23(31)20-21(16-7-9-17(10-8-16)29(32)33)25-24(26-22(20)30)28-13-11-27(12-14-28)18-5-4-6-19(15-18)34-2/h4-10,15,20-21H,3,11-14H2,1-2H3,(H,25,26,30)/t20-,21-/m0/s1. The number of non-ortho nitro benzene ring substituents is 1. The van der Waals surface area contributed by atoms with Crippen LogP contribution >= 0.6 is 0 Å². The number of rotatable bonds is 6. The average Bonchev–Trinajstić information content (AvgIpc) is 2.88. The van der Waals surface area contributed by atoms with Gasteiger partial charge in [0.05, 0.1) is 18.6 Å². The molecule has 0 unspecified atom stereocenters. The lowest BCUT2D eigenvalue weighted by Crippen LogP contribution is -2.57. The Hall–Kier alpha value is -4.15. The minimum atomic E-state index is -1.18. The largest absolute Gasteiger partial charge is 0.497 e. The zero-order valence-corrected chi connectivity index (χ0v) is 19.5. The minimum absolute atomic E-state index is 0.0837. The van der Waals surface area contributed by atoms with Crippen LogP contribution in [0.25, 0.3) is 0 Å². The van der Waals surface area contributed by atoms with Gasteiger partial charge in [-0.05, 0) is 24.6 Å². The Morgan fingerprint density at radius 3 is 2.46 bits per heavy atom. The summed E-state index contributed by atoms with van der Waals surface area (Å²) in [6, 6.07) is 12.7. The summed E-state index contributed by atoms with van der Waals surface area (Å²) in [7, 11) is 1.63. The predicted octanol–water partition coefficient (Wildman–Crippen LogP) is 2.13. The van der Waals surface area contributed by atoms with Gasteiger partial charge in [0.1, 0.15) is 11.8 Å². The topological polar surface area (TPSA) is 127 Å². The van der Waals surface area contributed by atoms with E-state index in [1.54, 1.807) is 14.0 Å². The SMILES string of the molecule is CCOC(=O)[C@@H]1C(=O)NC(N2CCN(c3cccc(OC)c3)CC2)=N[C@H]1c1ccc([N+](=O)[O-])cc1. The van der Waals surface area contributed by atoms with Crippen LogP contribution in [0.1, 0.15) is 18.5 Å². The van der Waals surface area contributed by atoms with Gasteiger partial charge in [0.25, 0.3) is 5.69 Å². The molecule has 11 heteroatoms. The maximum atomic E-state index is 13.0. The second-order valence-corrected chi connectivity index (χ2v) is 8.14. The van der Waals surface area contributed by atoms with Crippen LogP contribution in [0, 0.1) is 16.0 Å². The first kappa shape index (κ1) is 24.0. The van der Waals surface area contributed by atoms with E-state index in [2.05, 4.69) is 10.2 Å². The number of carbonyl (C=O) groups is 2. The van der Waals surface area contributed by atoms with Gasteiger partial charge in [-0.25, -0.2) is 4.99 Å². The van der Waals surface area contributed by atoms with Crippen LogP contribution in [0.15, 0.2) is 53.5 Å². The van der Waals surface area contributed by atoms with E-state index in [-0.39, 0.29) is 12.3 Å². The van der Waals surface area contributed by atoms with Crippen LogP contribution in [0.5, 0.6) is 5.75 Å². The number of nitro benzene ring substituents is 1. The van der Waals surface area contributed by atoms with Crippen molar-refractivity contribution in [2.75, 3.05) is 44.8 Å². The number of ether oxygens (including phenoxy) is 2. The molecule has 0 aliphatic carbocycles. The highest BCUT2D eigenvalue weighted by Crippen LogP contribution is 2.32. The molecule has 1 saturated heterocycles. The fraction of sp³-hybridized carbons (Fsp3) is 0.375.